The zero-order valence-electron chi connectivity index (χ0n) is 15.5. The van der Waals surface area contributed by atoms with Gasteiger partial charge in [-0.1, -0.05) is 11.8 Å². The molecule has 4 rings (SSSR count). The number of carboxylic acids is 2. The Morgan fingerprint density at radius 1 is 0.900 bits per heavy atom. The first kappa shape index (κ1) is 22.2. The topological polar surface area (TPSA) is 135 Å². The van der Waals surface area contributed by atoms with E-state index in [4.69, 9.17) is 10.2 Å². The van der Waals surface area contributed by atoms with Crippen molar-refractivity contribution in [3.05, 3.63) is 47.5 Å². The third-order valence-corrected chi connectivity index (χ3v) is 8.42. The molecule has 0 saturated heterocycles. The summed E-state index contributed by atoms with van der Waals surface area (Å²) >= 11 is 4.06. The molecule has 8 nitrogen and oxygen atoms in total. The predicted octanol–water partition coefficient (Wildman–Crippen LogP) is 4.11. The number of aromatic nitrogens is 2. The van der Waals surface area contributed by atoms with Gasteiger partial charge in [-0.15, -0.1) is 22.7 Å². The Labute approximate surface area is 183 Å². The second-order valence-corrected chi connectivity index (χ2v) is 11.2. The highest BCUT2D eigenvalue weighted by atomic mass is 32.2. The van der Waals surface area contributed by atoms with Gasteiger partial charge in [-0.05, 0) is 42.7 Å². The highest BCUT2D eigenvalue weighted by Gasteiger charge is 2.15. The van der Waals surface area contributed by atoms with Gasteiger partial charge >= 0.3 is 11.9 Å². The number of nitrogens with zero attached hydrogens (tertiary/aromatic N) is 2. The number of aromatic carboxylic acids is 2. The molecule has 4 aromatic rings. The summed E-state index contributed by atoms with van der Waals surface area (Å²) in [5.74, 6) is -1.94. The summed E-state index contributed by atoms with van der Waals surface area (Å²) in [5.41, 5.74) is 1.80. The average molecular weight is 483 g/mol. The van der Waals surface area contributed by atoms with E-state index in [-0.39, 0.29) is 9.90 Å². The Morgan fingerprint density at radius 3 is 1.87 bits per heavy atom. The third kappa shape index (κ3) is 4.95. The number of benzene rings is 2. The van der Waals surface area contributed by atoms with Crippen LogP contribution in [-0.4, -0.2) is 53.0 Å². The second kappa shape index (κ2) is 8.68. The standard InChI is InChI=1S/C9H7NO4S2.C9H7NO2S2/c1-16(13,14)9-10-6-3-2-5(8(11)12)4-7(6)15-9;1-13-9-10-6-3-2-5(8(11)12)4-7(6)14-9/h2-4H,1H3,(H,11,12);2-4H,1H3,(H,11,12). The van der Waals surface area contributed by atoms with Gasteiger partial charge in [-0.3, -0.25) is 0 Å². The van der Waals surface area contributed by atoms with Crippen LogP contribution in [0.25, 0.3) is 20.4 Å². The third-order valence-electron chi connectivity index (χ3n) is 3.72. The molecule has 0 amide bonds. The summed E-state index contributed by atoms with van der Waals surface area (Å²) in [6, 6.07) is 9.31. The predicted molar refractivity (Wildman–Crippen MR) is 118 cm³/mol. The quantitative estimate of drug-likeness (QED) is 0.412. The number of carboxylic acid groups (broad SMARTS) is 2. The van der Waals surface area contributed by atoms with Crippen LogP contribution in [0.2, 0.25) is 0 Å². The summed E-state index contributed by atoms with van der Waals surface area (Å²) < 4.78 is 25.0. The van der Waals surface area contributed by atoms with Gasteiger partial charge < -0.3 is 10.2 Å². The number of sulfone groups is 1. The Hall–Kier alpha value is -2.54. The van der Waals surface area contributed by atoms with Crippen molar-refractivity contribution in [2.45, 2.75) is 8.68 Å². The zero-order chi connectivity index (χ0) is 22.1. The van der Waals surface area contributed by atoms with Gasteiger partial charge in [-0.25, -0.2) is 28.0 Å². The van der Waals surface area contributed by atoms with Crippen molar-refractivity contribution in [3.8, 4) is 0 Å². The molecule has 0 fully saturated rings. The highest BCUT2D eigenvalue weighted by molar-refractivity contribution is 8.00. The molecule has 0 aliphatic carbocycles. The molecule has 0 bridgehead atoms. The van der Waals surface area contributed by atoms with E-state index in [0.29, 0.717) is 15.8 Å². The SMILES string of the molecule is CS(=O)(=O)c1nc2ccc(C(=O)O)cc2s1.CSc1nc2ccc(C(=O)O)cc2s1. The molecule has 156 valence electrons. The molecule has 0 aliphatic heterocycles. The van der Waals surface area contributed by atoms with E-state index in [2.05, 4.69) is 9.97 Å². The molecule has 12 heteroatoms. The van der Waals surface area contributed by atoms with E-state index in [0.717, 1.165) is 32.1 Å². The van der Waals surface area contributed by atoms with E-state index in [1.54, 1.807) is 30.0 Å². The maximum Gasteiger partial charge on any atom is 0.335 e. The molecule has 0 spiro atoms. The van der Waals surface area contributed by atoms with Gasteiger partial charge in [0.2, 0.25) is 14.2 Å². The minimum Gasteiger partial charge on any atom is -0.478 e. The Morgan fingerprint density at radius 2 is 1.40 bits per heavy atom. The molecule has 30 heavy (non-hydrogen) atoms. The van der Waals surface area contributed by atoms with Gasteiger partial charge in [0.05, 0.1) is 31.6 Å². The molecular weight excluding hydrogens is 468 g/mol. The van der Waals surface area contributed by atoms with Gasteiger partial charge in [0.25, 0.3) is 0 Å². The molecule has 0 unspecified atom stereocenters. The summed E-state index contributed by atoms with van der Waals surface area (Å²) in [4.78, 5) is 29.7. The van der Waals surface area contributed by atoms with Gasteiger partial charge in [0.1, 0.15) is 0 Å². The average Bonchev–Trinajstić information content (AvgIpc) is 3.30. The minimum absolute atomic E-state index is 0.00467. The maximum absolute atomic E-state index is 11.3. The second-order valence-electron chi connectivity index (χ2n) is 5.91. The number of hydrogen-bond donors (Lipinski definition) is 2. The van der Waals surface area contributed by atoms with Crippen LogP contribution in [0, 0.1) is 0 Å². The number of hydrogen-bond acceptors (Lipinski definition) is 9. The van der Waals surface area contributed by atoms with Gasteiger partial charge in [-0.2, -0.15) is 0 Å². The lowest BCUT2D eigenvalue weighted by atomic mass is 10.2. The summed E-state index contributed by atoms with van der Waals surface area (Å²) in [7, 11) is -3.34. The molecule has 0 saturated carbocycles. The molecule has 0 aliphatic rings. The fourth-order valence-corrected chi connectivity index (χ4v) is 5.72. The summed E-state index contributed by atoms with van der Waals surface area (Å²) in [6.45, 7) is 0. The van der Waals surface area contributed by atoms with Gasteiger partial charge in [0, 0.05) is 6.26 Å². The molecule has 2 heterocycles. The molecule has 0 radical (unpaired) electrons. The number of rotatable bonds is 4. The number of thioether (sulfide) groups is 1. The minimum atomic E-state index is -3.34. The highest BCUT2D eigenvalue weighted by Crippen LogP contribution is 2.28. The first-order chi connectivity index (χ1) is 14.1. The molecule has 2 N–H and O–H groups in total. The normalized spacial score (nSPS) is 11.3. The van der Waals surface area contributed by atoms with Crippen molar-refractivity contribution >= 4 is 76.6 Å². The fraction of sp³-hybridized carbons (Fsp3) is 0.111. The smallest absolute Gasteiger partial charge is 0.335 e. The number of carbonyl (C=O) groups is 2. The lowest BCUT2D eigenvalue weighted by Gasteiger charge is -1.91. The van der Waals surface area contributed by atoms with Crippen molar-refractivity contribution in [2.24, 2.45) is 0 Å². The van der Waals surface area contributed by atoms with E-state index < -0.39 is 21.8 Å². The maximum atomic E-state index is 11.3. The van der Waals surface area contributed by atoms with E-state index in [9.17, 15) is 18.0 Å². The Kier molecular flexibility index (Phi) is 6.41. The van der Waals surface area contributed by atoms with Crippen LogP contribution >= 0.6 is 34.4 Å². The molecule has 2 aromatic carbocycles. The van der Waals surface area contributed by atoms with Crippen LogP contribution in [0.5, 0.6) is 0 Å². The number of thiazole rings is 2. The summed E-state index contributed by atoms with van der Waals surface area (Å²) in [6.07, 6.45) is 3.03. The monoisotopic (exact) mass is 482 g/mol. The van der Waals surface area contributed by atoms with Crippen LogP contribution in [-0.2, 0) is 9.84 Å². The van der Waals surface area contributed by atoms with Crippen LogP contribution in [0.1, 0.15) is 20.7 Å². The van der Waals surface area contributed by atoms with E-state index in [1.807, 2.05) is 6.26 Å². The van der Waals surface area contributed by atoms with E-state index in [1.165, 1.54) is 29.5 Å². The molecule has 0 atom stereocenters. The molecular formula is C18H14N2O6S4. The van der Waals surface area contributed by atoms with Crippen molar-refractivity contribution < 1.29 is 28.2 Å². The molecule has 2 aromatic heterocycles. The van der Waals surface area contributed by atoms with Gasteiger partial charge in [0.15, 0.2) is 4.34 Å². The summed E-state index contributed by atoms with van der Waals surface area (Å²) in [5, 5.41) is 17.6. The Balaban J connectivity index is 0.000000172. The van der Waals surface area contributed by atoms with Crippen molar-refractivity contribution in [1.29, 1.82) is 0 Å². The largest absolute Gasteiger partial charge is 0.478 e. The lowest BCUT2D eigenvalue weighted by molar-refractivity contribution is 0.0686. The van der Waals surface area contributed by atoms with Crippen LogP contribution < -0.4 is 0 Å². The zero-order valence-corrected chi connectivity index (χ0v) is 18.8. The Bertz CT molecular complexity index is 1370. The van der Waals surface area contributed by atoms with Crippen LogP contribution in [0.4, 0.5) is 0 Å². The first-order valence-electron chi connectivity index (χ1n) is 8.10. The first-order valence-corrected chi connectivity index (χ1v) is 12.8. The fourth-order valence-electron chi connectivity index (χ4n) is 2.32. The number of fused-ring (bicyclic) bond motifs is 2. The van der Waals surface area contributed by atoms with E-state index >= 15 is 0 Å². The van der Waals surface area contributed by atoms with Crippen molar-refractivity contribution in [1.82, 2.24) is 9.97 Å². The van der Waals surface area contributed by atoms with Crippen LogP contribution in [0.3, 0.4) is 0 Å². The lowest BCUT2D eigenvalue weighted by Crippen LogP contribution is -1.95. The van der Waals surface area contributed by atoms with Crippen molar-refractivity contribution in [2.75, 3.05) is 12.5 Å². The van der Waals surface area contributed by atoms with Crippen molar-refractivity contribution in [3.63, 3.8) is 0 Å². The van der Waals surface area contributed by atoms with Crippen LogP contribution in [0.15, 0.2) is 45.1 Å².